The van der Waals surface area contributed by atoms with Crippen LogP contribution in [0.3, 0.4) is 0 Å². The summed E-state index contributed by atoms with van der Waals surface area (Å²) in [4.78, 5) is 2.24. The molecule has 0 fully saturated rings. The van der Waals surface area contributed by atoms with Crippen molar-refractivity contribution in [2.45, 2.75) is 13.5 Å². The lowest BCUT2D eigenvalue weighted by Gasteiger charge is -2.21. The van der Waals surface area contributed by atoms with Crippen LogP contribution in [0.4, 0.5) is 5.69 Å². The van der Waals surface area contributed by atoms with Crippen LogP contribution in [0, 0.1) is 18.8 Å². The minimum atomic E-state index is -0.0994. The number of aliphatic hydroxyl groups is 1. The minimum Gasteiger partial charge on any atom is -0.384 e. The van der Waals surface area contributed by atoms with Gasteiger partial charge in [0, 0.05) is 24.8 Å². The van der Waals surface area contributed by atoms with E-state index in [1.807, 2.05) is 12.1 Å². The van der Waals surface area contributed by atoms with Gasteiger partial charge in [0.1, 0.15) is 6.61 Å². The molecule has 0 saturated carbocycles. The first-order chi connectivity index (χ1) is 9.70. The number of rotatable bonds is 3. The Hall–Kier alpha value is -2.24. The molecule has 0 amide bonds. The highest BCUT2D eigenvalue weighted by atomic mass is 16.2. The Bertz CT molecular complexity index is 620. The lowest BCUT2D eigenvalue weighted by molar-refractivity contribution is 0.350. The summed E-state index contributed by atoms with van der Waals surface area (Å²) in [5, 5.41) is 8.67. The summed E-state index contributed by atoms with van der Waals surface area (Å²) in [5.41, 5.74) is 4.70. The molecule has 0 aliphatic carbocycles. The highest BCUT2D eigenvalue weighted by Crippen LogP contribution is 2.19. The van der Waals surface area contributed by atoms with Crippen molar-refractivity contribution in [3.63, 3.8) is 0 Å². The molecule has 0 aliphatic heterocycles. The van der Waals surface area contributed by atoms with Gasteiger partial charge in [-0.2, -0.15) is 0 Å². The van der Waals surface area contributed by atoms with Crippen molar-refractivity contribution in [2.24, 2.45) is 0 Å². The van der Waals surface area contributed by atoms with Crippen molar-refractivity contribution >= 4 is 5.69 Å². The lowest BCUT2D eigenvalue weighted by atomic mass is 10.1. The molecular weight excluding hydrogens is 246 g/mol. The second-order valence-corrected chi connectivity index (χ2v) is 4.80. The Morgan fingerprint density at radius 3 is 2.40 bits per heavy atom. The SMILES string of the molecule is Cc1ccccc1N(C)Cc1ccc(C#CCO)cc1. The summed E-state index contributed by atoms with van der Waals surface area (Å²) in [6.45, 7) is 2.88. The summed E-state index contributed by atoms with van der Waals surface area (Å²) in [7, 11) is 2.10. The fraction of sp³-hybridized carbons (Fsp3) is 0.222. The molecule has 2 aromatic rings. The molecule has 0 radical (unpaired) electrons. The van der Waals surface area contributed by atoms with Crippen molar-refractivity contribution in [3.8, 4) is 11.8 Å². The predicted octanol–water partition coefficient (Wildman–Crippen LogP) is 2.98. The average molecular weight is 265 g/mol. The number of aryl methyl sites for hydroxylation is 1. The summed E-state index contributed by atoms with van der Waals surface area (Å²) in [6.07, 6.45) is 0. The van der Waals surface area contributed by atoms with E-state index in [0.29, 0.717) is 0 Å². The molecule has 0 spiro atoms. The molecule has 2 aromatic carbocycles. The molecule has 0 heterocycles. The number of hydrogen-bond donors (Lipinski definition) is 1. The summed E-state index contributed by atoms with van der Waals surface area (Å²) in [6, 6.07) is 16.5. The first-order valence-corrected chi connectivity index (χ1v) is 6.66. The van der Waals surface area contributed by atoms with Crippen LogP contribution in [0.2, 0.25) is 0 Å². The van der Waals surface area contributed by atoms with E-state index in [2.05, 4.69) is 67.1 Å². The fourth-order valence-corrected chi connectivity index (χ4v) is 2.19. The maximum atomic E-state index is 8.67. The molecule has 0 bridgehead atoms. The maximum absolute atomic E-state index is 8.67. The van der Waals surface area contributed by atoms with Crippen molar-refractivity contribution in [1.82, 2.24) is 0 Å². The van der Waals surface area contributed by atoms with E-state index < -0.39 is 0 Å². The molecule has 2 nitrogen and oxygen atoms in total. The van der Waals surface area contributed by atoms with Gasteiger partial charge < -0.3 is 10.0 Å². The van der Waals surface area contributed by atoms with Crippen LogP contribution in [-0.4, -0.2) is 18.8 Å². The predicted molar refractivity (Wildman–Crippen MR) is 83.7 cm³/mol. The van der Waals surface area contributed by atoms with E-state index in [0.717, 1.165) is 12.1 Å². The van der Waals surface area contributed by atoms with E-state index in [-0.39, 0.29) is 6.61 Å². The van der Waals surface area contributed by atoms with E-state index in [4.69, 9.17) is 5.11 Å². The Labute approximate surface area is 120 Å². The molecule has 102 valence electrons. The highest BCUT2D eigenvalue weighted by molar-refractivity contribution is 5.52. The number of para-hydroxylation sites is 1. The third-order valence-electron chi connectivity index (χ3n) is 3.21. The Morgan fingerprint density at radius 2 is 1.75 bits per heavy atom. The second-order valence-electron chi connectivity index (χ2n) is 4.80. The maximum Gasteiger partial charge on any atom is 0.104 e. The number of benzene rings is 2. The largest absolute Gasteiger partial charge is 0.384 e. The quantitative estimate of drug-likeness (QED) is 0.862. The molecule has 1 N–H and O–H groups in total. The zero-order valence-electron chi connectivity index (χ0n) is 11.9. The number of aliphatic hydroxyl groups excluding tert-OH is 1. The third kappa shape index (κ3) is 3.63. The average Bonchev–Trinajstić information content (AvgIpc) is 2.47. The monoisotopic (exact) mass is 265 g/mol. The van der Waals surface area contributed by atoms with Crippen molar-refractivity contribution in [3.05, 3.63) is 65.2 Å². The Kier molecular flexibility index (Phi) is 4.81. The van der Waals surface area contributed by atoms with Crippen LogP contribution in [-0.2, 0) is 6.54 Å². The summed E-state index contributed by atoms with van der Waals surface area (Å²) in [5.74, 6) is 5.56. The van der Waals surface area contributed by atoms with Gasteiger partial charge in [-0.1, -0.05) is 42.2 Å². The molecule has 0 saturated heterocycles. The van der Waals surface area contributed by atoms with Crippen molar-refractivity contribution < 1.29 is 5.11 Å². The first-order valence-electron chi connectivity index (χ1n) is 6.66. The molecule has 2 heteroatoms. The number of hydrogen-bond acceptors (Lipinski definition) is 2. The van der Waals surface area contributed by atoms with Gasteiger partial charge in [-0.05, 0) is 36.2 Å². The molecule has 0 unspecified atom stereocenters. The van der Waals surface area contributed by atoms with Gasteiger partial charge in [0.2, 0.25) is 0 Å². The highest BCUT2D eigenvalue weighted by Gasteiger charge is 2.04. The molecule has 0 aromatic heterocycles. The zero-order valence-corrected chi connectivity index (χ0v) is 11.9. The number of anilines is 1. The fourth-order valence-electron chi connectivity index (χ4n) is 2.19. The smallest absolute Gasteiger partial charge is 0.104 e. The van der Waals surface area contributed by atoms with Crippen LogP contribution in [0.1, 0.15) is 16.7 Å². The van der Waals surface area contributed by atoms with E-state index in [9.17, 15) is 0 Å². The van der Waals surface area contributed by atoms with Gasteiger partial charge >= 0.3 is 0 Å². The standard InChI is InChI=1S/C18H19NO/c1-15-6-3-4-8-18(15)19(2)14-17-11-9-16(10-12-17)7-5-13-20/h3-4,6,8-12,20H,13-14H2,1-2H3. The minimum absolute atomic E-state index is 0.0994. The molecule has 20 heavy (non-hydrogen) atoms. The molecule has 2 rings (SSSR count). The lowest BCUT2D eigenvalue weighted by Crippen LogP contribution is -2.17. The summed E-state index contributed by atoms with van der Waals surface area (Å²) >= 11 is 0. The van der Waals surface area contributed by atoms with E-state index in [1.54, 1.807) is 0 Å². The third-order valence-corrected chi connectivity index (χ3v) is 3.21. The normalized spacial score (nSPS) is 9.75. The Balaban J connectivity index is 2.08. The number of nitrogens with zero attached hydrogens (tertiary/aromatic N) is 1. The molecule has 0 aliphatic rings. The second kappa shape index (κ2) is 6.79. The first kappa shape index (κ1) is 14.2. The van der Waals surface area contributed by atoms with Crippen LogP contribution in [0.5, 0.6) is 0 Å². The molecular formula is C18H19NO. The van der Waals surface area contributed by atoms with E-state index >= 15 is 0 Å². The van der Waals surface area contributed by atoms with Gasteiger partial charge in [-0.15, -0.1) is 0 Å². The van der Waals surface area contributed by atoms with Gasteiger partial charge in [-0.3, -0.25) is 0 Å². The van der Waals surface area contributed by atoms with Crippen LogP contribution >= 0.6 is 0 Å². The van der Waals surface area contributed by atoms with Gasteiger partial charge in [-0.25, -0.2) is 0 Å². The van der Waals surface area contributed by atoms with Gasteiger partial charge in [0.25, 0.3) is 0 Å². The molecule has 0 atom stereocenters. The van der Waals surface area contributed by atoms with Crippen LogP contribution in [0.25, 0.3) is 0 Å². The Morgan fingerprint density at radius 1 is 1.05 bits per heavy atom. The topological polar surface area (TPSA) is 23.5 Å². The van der Waals surface area contributed by atoms with Crippen LogP contribution in [0.15, 0.2) is 48.5 Å². The van der Waals surface area contributed by atoms with Crippen molar-refractivity contribution in [2.75, 3.05) is 18.6 Å². The van der Waals surface area contributed by atoms with Gasteiger partial charge in [0.05, 0.1) is 0 Å². The van der Waals surface area contributed by atoms with Gasteiger partial charge in [0.15, 0.2) is 0 Å². The summed E-state index contributed by atoms with van der Waals surface area (Å²) < 4.78 is 0. The van der Waals surface area contributed by atoms with Crippen LogP contribution < -0.4 is 4.90 Å². The van der Waals surface area contributed by atoms with E-state index in [1.165, 1.54) is 16.8 Å². The zero-order chi connectivity index (χ0) is 14.4. The van der Waals surface area contributed by atoms with Crippen molar-refractivity contribution in [1.29, 1.82) is 0 Å².